The molecule has 0 aliphatic heterocycles. The molecule has 0 aliphatic rings. The van der Waals surface area contributed by atoms with E-state index >= 15 is 0 Å². The van der Waals surface area contributed by atoms with Crippen LogP contribution in [0.2, 0.25) is 0 Å². The fourth-order valence-corrected chi connectivity index (χ4v) is 1.04. The van der Waals surface area contributed by atoms with Crippen LogP contribution in [0.25, 0.3) is 0 Å². The molecule has 0 spiro atoms. The van der Waals surface area contributed by atoms with E-state index in [2.05, 4.69) is 25.6 Å². The van der Waals surface area contributed by atoms with Crippen LogP contribution in [0, 0.1) is 6.92 Å². The fraction of sp³-hybridized carbons (Fsp3) is 0.333. The summed E-state index contributed by atoms with van der Waals surface area (Å²) in [4.78, 5) is 0. The molecule has 0 saturated heterocycles. The summed E-state index contributed by atoms with van der Waals surface area (Å²) in [5.74, 6) is 0. The standard InChI is InChI=1S/C12H16O2/c1-10-3-5-12(6-4-10)9-14-8-11(2)7-13/h3-6,13H,2,7-9H2,1H3. The van der Waals surface area contributed by atoms with Crippen molar-refractivity contribution < 1.29 is 9.84 Å². The summed E-state index contributed by atoms with van der Waals surface area (Å²) in [6, 6.07) is 8.19. The third kappa shape index (κ3) is 3.73. The maximum Gasteiger partial charge on any atom is 0.0721 e. The fourth-order valence-electron chi connectivity index (χ4n) is 1.04. The molecule has 0 aromatic heterocycles. The Balaban J connectivity index is 2.31. The van der Waals surface area contributed by atoms with Gasteiger partial charge in [-0.2, -0.15) is 0 Å². The molecule has 14 heavy (non-hydrogen) atoms. The molecule has 1 aromatic rings. The van der Waals surface area contributed by atoms with Crippen molar-refractivity contribution in [2.75, 3.05) is 13.2 Å². The molecule has 0 saturated carbocycles. The monoisotopic (exact) mass is 192 g/mol. The third-order valence-corrected chi connectivity index (χ3v) is 1.92. The van der Waals surface area contributed by atoms with Gasteiger partial charge in [-0.15, -0.1) is 0 Å². The molecule has 0 unspecified atom stereocenters. The lowest BCUT2D eigenvalue weighted by Crippen LogP contribution is -2.00. The second kappa shape index (κ2) is 5.58. The number of hydrogen-bond donors (Lipinski definition) is 1. The first-order valence-electron chi connectivity index (χ1n) is 4.63. The highest BCUT2D eigenvalue weighted by atomic mass is 16.5. The Bertz CT molecular complexity index is 288. The van der Waals surface area contributed by atoms with Crippen molar-refractivity contribution in [2.24, 2.45) is 0 Å². The lowest BCUT2D eigenvalue weighted by Gasteiger charge is -2.05. The molecule has 76 valence electrons. The summed E-state index contributed by atoms with van der Waals surface area (Å²) < 4.78 is 5.35. The van der Waals surface area contributed by atoms with Gasteiger partial charge in [0.25, 0.3) is 0 Å². The average molecular weight is 192 g/mol. The van der Waals surface area contributed by atoms with Gasteiger partial charge in [-0.3, -0.25) is 0 Å². The van der Waals surface area contributed by atoms with E-state index in [1.807, 2.05) is 12.1 Å². The lowest BCUT2D eigenvalue weighted by molar-refractivity contribution is 0.134. The number of aliphatic hydroxyl groups is 1. The molecule has 2 heteroatoms. The Morgan fingerprint density at radius 3 is 2.57 bits per heavy atom. The van der Waals surface area contributed by atoms with Crippen molar-refractivity contribution in [1.82, 2.24) is 0 Å². The Morgan fingerprint density at radius 2 is 2.00 bits per heavy atom. The molecule has 0 heterocycles. The Labute approximate surface area is 84.8 Å². The number of aryl methyl sites for hydroxylation is 1. The van der Waals surface area contributed by atoms with E-state index in [-0.39, 0.29) is 6.61 Å². The van der Waals surface area contributed by atoms with Gasteiger partial charge in [0.1, 0.15) is 0 Å². The van der Waals surface area contributed by atoms with Gasteiger partial charge in [0.2, 0.25) is 0 Å². The minimum absolute atomic E-state index is 0.00605. The SMILES string of the molecule is C=C(CO)COCc1ccc(C)cc1. The molecule has 0 fully saturated rings. The predicted molar refractivity (Wildman–Crippen MR) is 57.1 cm³/mol. The minimum atomic E-state index is -0.00605. The number of hydrogen-bond acceptors (Lipinski definition) is 2. The van der Waals surface area contributed by atoms with Crippen LogP contribution in [0.4, 0.5) is 0 Å². The topological polar surface area (TPSA) is 29.5 Å². The molecule has 0 aliphatic carbocycles. The van der Waals surface area contributed by atoms with E-state index in [4.69, 9.17) is 9.84 Å². The highest BCUT2D eigenvalue weighted by Crippen LogP contribution is 2.05. The van der Waals surface area contributed by atoms with Crippen LogP contribution in [-0.2, 0) is 11.3 Å². The zero-order chi connectivity index (χ0) is 10.4. The van der Waals surface area contributed by atoms with Gasteiger partial charge in [0.05, 0.1) is 19.8 Å². The Hall–Kier alpha value is -1.12. The van der Waals surface area contributed by atoms with E-state index in [9.17, 15) is 0 Å². The lowest BCUT2D eigenvalue weighted by atomic mass is 10.2. The zero-order valence-electron chi connectivity index (χ0n) is 8.49. The molecule has 1 N–H and O–H groups in total. The largest absolute Gasteiger partial charge is 0.392 e. The molecular weight excluding hydrogens is 176 g/mol. The molecule has 1 aromatic carbocycles. The van der Waals surface area contributed by atoms with Crippen LogP contribution in [0.5, 0.6) is 0 Å². The van der Waals surface area contributed by atoms with Gasteiger partial charge in [0, 0.05) is 0 Å². The molecule has 0 radical (unpaired) electrons. The molecule has 1 rings (SSSR count). The van der Waals surface area contributed by atoms with Gasteiger partial charge in [-0.05, 0) is 18.1 Å². The van der Waals surface area contributed by atoms with E-state index in [0.29, 0.717) is 18.8 Å². The number of aliphatic hydroxyl groups excluding tert-OH is 1. The van der Waals surface area contributed by atoms with Crippen LogP contribution >= 0.6 is 0 Å². The second-order valence-electron chi connectivity index (χ2n) is 3.39. The van der Waals surface area contributed by atoms with Crippen LogP contribution < -0.4 is 0 Å². The van der Waals surface area contributed by atoms with Crippen LogP contribution in [0.15, 0.2) is 36.4 Å². The highest BCUT2D eigenvalue weighted by Gasteiger charge is 1.94. The third-order valence-electron chi connectivity index (χ3n) is 1.92. The molecule has 2 nitrogen and oxygen atoms in total. The maximum atomic E-state index is 8.69. The van der Waals surface area contributed by atoms with Gasteiger partial charge in [-0.25, -0.2) is 0 Å². The number of ether oxygens (including phenoxy) is 1. The smallest absolute Gasteiger partial charge is 0.0721 e. The summed E-state index contributed by atoms with van der Waals surface area (Å²) >= 11 is 0. The maximum absolute atomic E-state index is 8.69. The van der Waals surface area contributed by atoms with Gasteiger partial charge >= 0.3 is 0 Å². The van der Waals surface area contributed by atoms with E-state index in [1.54, 1.807) is 0 Å². The van der Waals surface area contributed by atoms with Gasteiger partial charge in [0.15, 0.2) is 0 Å². The van der Waals surface area contributed by atoms with Crippen molar-refractivity contribution >= 4 is 0 Å². The minimum Gasteiger partial charge on any atom is -0.392 e. The molecular formula is C12H16O2. The first kappa shape index (κ1) is 11.0. The van der Waals surface area contributed by atoms with E-state index in [1.165, 1.54) is 5.56 Å². The first-order chi connectivity index (χ1) is 6.72. The average Bonchev–Trinajstić information content (AvgIpc) is 2.21. The molecule has 0 amide bonds. The summed E-state index contributed by atoms with van der Waals surface area (Å²) in [5, 5.41) is 8.69. The number of rotatable bonds is 5. The second-order valence-corrected chi connectivity index (χ2v) is 3.39. The van der Waals surface area contributed by atoms with Gasteiger partial charge in [-0.1, -0.05) is 36.4 Å². The normalized spacial score (nSPS) is 10.1. The highest BCUT2D eigenvalue weighted by molar-refractivity contribution is 5.20. The Morgan fingerprint density at radius 1 is 1.36 bits per heavy atom. The zero-order valence-corrected chi connectivity index (χ0v) is 8.49. The van der Waals surface area contributed by atoms with E-state index < -0.39 is 0 Å². The van der Waals surface area contributed by atoms with Crippen molar-refractivity contribution in [3.8, 4) is 0 Å². The van der Waals surface area contributed by atoms with Crippen LogP contribution in [0.1, 0.15) is 11.1 Å². The quantitative estimate of drug-likeness (QED) is 0.723. The Kier molecular flexibility index (Phi) is 4.36. The van der Waals surface area contributed by atoms with E-state index in [0.717, 1.165) is 5.56 Å². The van der Waals surface area contributed by atoms with Gasteiger partial charge < -0.3 is 9.84 Å². The van der Waals surface area contributed by atoms with Crippen molar-refractivity contribution in [1.29, 1.82) is 0 Å². The summed E-state index contributed by atoms with van der Waals surface area (Å²) in [6.45, 7) is 6.68. The van der Waals surface area contributed by atoms with Crippen molar-refractivity contribution in [2.45, 2.75) is 13.5 Å². The van der Waals surface area contributed by atoms with Crippen molar-refractivity contribution in [3.05, 3.63) is 47.5 Å². The summed E-state index contributed by atoms with van der Waals surface area (Å²) in [5.41, 5.74) is 3.09. The van der Waals surface area contributed by atoms with Crippen LogP contribution in [0.3, 0.4) is 0 Å². The predicted octanol–water partition coefficient (Wildman–Crippen LogP) is 2.06. The molecule has 0 bridgehead atoms. The summed E-state index contributed by atoms with van der Waals surface area (Å²) in [7, 11) is 0. The van der Waals surface area contributed by atoms with Crippen LogP contribution in [-0.4, -0.2) is 18.3 Å². The summed E-state index contributed by atoms with van der Waals surface area (Å²) in [6.07, 6.45) is 0. The van der Waals surface area contributed by atoms with Crippen molar-refractivity contribution in [3.63, 3.8) is 0 Å². The number of benzene rings is 1. The first-order valence-corrected chi connectivity index (χ1v) is 4.63. The molecule has 0 atom stereocenters.